The van der Waals surface area contributed by atoms with E-state index in [0.29, 0.717) is 0 Å². The van der Waals surface area contributed by atoms with Crippen LogP contribution < -0.4 is 0 Å². The van der Waals surface area contributed by atoms with Crippen LogP contribution in [0.5, 0.6) is 0 Å². The summed E-state index contributed by atoms with van der Waals surface area (Å²) in [7, 11) is 0. The molecule has 0 radical (unpaired) electrons. The van der Waals surface area contributed by atoms with E-state index >= 15 is 0 Å². The highest BCUT2D eigenvalue weighted by molar-refractivity contribution is 5.73. The molecule has 0 saturated heterocycles. The molecule has 0 fully saturated rings. The molecule has 0 aromatic carbocycles. The summed E-state index contributed by atoms with van der Waals surface area (Å²) < 4.78 is 0. The summed E-state index contributed by atoms with van der Waals surface area (Å²) in [6, 6.07) is -0.334. The number of carboxylic acids is 1. The Bertz CT molecular complexity index is 246. The van der Waals surface area contributed by atoms with Gasteiger partial charge in [0.1, 0.15) is 6.04 Å². The SMILES string of the molecule is CC1=CCN(C(C(=O)O)C(C)C)CC1. The minimum absolute atomic E-state index is 0.166. The molecule has 1 rings (SSSR count). The summed E-state index contributed by atoms with van der Waals surface area (Å²) in [5.74, 6) is -0.535. The molecular formula is C11H19NO2. The molecule has 14 heavy (non-hydrogen) atoms. The molecule has 0 aliphatic carbocycles. The van der Waals surface area contributed by atoms with Crippen molar-refractivity contribution in [3.8, 4) is 0 Å². The van der Waals surface area contributed by atoms with Crippen LogP contribution in [0.3, 0.4) is 0 Å². The Balaban J connectivity index is 2.66. The number of nitrogens with zero attached hydrogens (tertiary/aromatic N) is 1. The largest absolute Gasteiger partial charge is 0.480 e. The van der Waals surface area contributed by atoms with E-state index in [1.165, 1.54) is 5.57 Å². The van der Waals surface area contributed by atoms with Gasteiger partial charge < -0.3 is 5.11 Å². The maximum Gasteiger partial charge on any atom is 0.321 e. The summed E-state index contributed by atoms with van der Waals surface area (Å²) in [5.41, 5.74) is 1.37. The first-order valence-electron chi connectivity index (χ1n) is 5.15. The summed E-state index contributed by atoms with van der Waals surface area (Å²) in [5, 5.41) is 9.10. The second-order valence-electron chi connectivity index (χ2n) is 4.32. The van der Waals surface area contributed by atoms with Crippen molar-refractivity contribution in [1.82, 2.24) is 4.90 Å². The fraction of sp³-hybridized carbons (Fsp3) is 0.727. The molecule has 0 saturated carbocycles. The first kappa shape index (κ1) is 11.2. The van der Waals surface area contributed by atoms with Gasteiger partial charge in [-0.15, -0.1) is 0 Å². The van der Waals surface area contributed by atoms with Crippen LogP contribution in [0.2, 0.25) is 0 Å². The van der Waals surface area contributed by atoms with Gasteiger partial charge in [0.15, 0.2) is 0 Å². The Kier molecular flexibility index (Phi) is 3.69. The van der Waals surface area contributed by atoms with Crippen LogP contribution >= 0.6 is 0 Å². The van der Waals surface area contributed by atoms with Gasteiger partial charge in [0.05, 0.1) is 0 Å². The van der Waals surface area contributed by atoms with Gasteiger partial charge in [0, 0.05) is 13.1 Å². The predicted molar refractivity (Wildman–Crippen MR) is 56.2 cm³/mol. The lowest BCUT2D eigenvalue weighted by Gasteiger charge is -2.33. The zero-order chi connectivity index (χ0) is 10.7. The summed E-state index contributed by atoms with van der Waals surface area (Å²) in [4.78, 5) is 13.1. The fourth-order valence-corrected chi connectivity index (χ4v) is 1.90. The molecule has 0 aromatic heterocycles. The lowest BCUT2D eigenvalue weighted by molar-refractivity contribution is -0.144. The second kappa shape index (κ2) is 4.60. The third-order valence-electron chi connectivity index (χ3n) is 2.75. The van der Waals surface area contributed by atoms with Crippen molar-refractivity contribution >= 4 is 5.97 Å². The lowest BCUT2D eigenvalue weighted by atomic mass is 10.00. The van der Waals surface area contributed by atoms with Crippen molar-refractivity contribution in [1.29, 1.82) is 0 Å². The maximum absolute atomic E-state index is 11.1. The highest BCUT2D eigenvalue weighted by atomic mass is 16.4. The molecule has 1 aliphatic heterocycles. The highest BCUT2D eigenvalue weighted by Gasteiger charge is 2.28. The first-order valence-corrected chi connectivity index (χ1v) is 5.15. The molecule has 1 unspecified atom stereocenters. The zero-order valence-corrected chi connectivity index (χ0v) is 9.16. The van der Waals surface area contributed by atoms with Crippen molar-refractivity contribution in [2.75, 3.05) is 13.1 Å². The van der Waals surface area contributed by atoms with Crippen molar-refractivity contribution in [2.45, 2.75) is 33.2 Å². The predicted octanol–water partition coefficient (Wildman–Crippen LogP) is 1.75. The number of carboxylic acid groups (broad SMARTS) is 1. The minimum atomic E-state index is -0.701. The number of hydrogen-bond donors (Lipinski definition) is 1. The van der Waals surface area contributed by atoms with E-state index in [9.17, 15) is 4.79 Å². The van der Waals surface area contributed by atoms with E-state index in [1.54, 1.807) is 0 Å². The molecule has 0 amide bonds. The topological polar surface area (TPSA) is 40.5 Å². The average Bonchev–Trinajstić information content (AvgIpc) is 2.07. The number of carbonyl (C=O) groups is 1. The summed E-state index contributed by atoms with van der Waals surface area (Å²) in [6.07, 6.45) is 3.12. The van der Waals surface area contributed by atoms with Crippen LogP contribution in [0.15, 0.2) is 11.6 Å². The molecule has 0 aromatic rings. The van der Waals surface area contributed by atoms with Crippen molar-refractivity contribution in [2.24, 2.45) is 5.92 Å². The quantitative estimate of drug-likeness (QED) is 0.701. The fourth-order valence-electron chi connectivity index (χ4n) is 1.90. The van der Waals surface area contributed by atoms with Crippen LogP contribution in [0, 0.1) is 5.92 Å². The van der Waals surface area contributed by atoms with Crippen LogP contribution in [-0.4, -0.2) is 35.1 Å². The average molecular weight is 197 g/mol. The Morgan fingerprint density at radius 3 is 2.57 bits per heavy atom. The maximum atomic E-state index is 11.1. The molecule has 3 nitrogen and oxygen atoms in total. The van der Waals surface area contributed by atoms with Crippen molar-refractivity contribution < 1.29 is 9.90 Å². The van der Waals surface area contributed by atoms with E-state index in [2.05, 4.69) is 13.0 Å². The van der Waals surface area contributed by atoms with Gasteiger partial charge in [-0.25, -0.2) is 0 Å². The standard InChI is InChI=1S/C11H19NO2/c1-8(2)10(11(13)14)12-6-4-9(3)5-7-12/h4,8,10H,5-7H2,1-3H3,(H,13,14). The monoisotopic (exact) mass is 197 g/mol. The molecule has 1 N–H and O–H groups in total. The van der Waals surface area contributed by atoms with E-state index in [-0.39, 0.29) is 12.0 Å². The number of hydrogen-bond acceptors (Lipinski definition) is 2. The molecule has 80 valence electrons. The summed E-state index contributed by atoms with van der Waals surface area (Å²) >= 11 is 0. The van der Waals surface area contributed by atoms with Gasteiger partial charge in [0.25, 0.3) is 0 Å². The third-order valence-corrected chi connectivity index (χ3v) is 2.75. The van der Waals surface area contributed by atoms with Crippen molar-refractivity contribution in [3.05, 3.63) is 11.6 Å². The van der Waals surface area contributed by atoms with Crippen LogP contribution in [0.1, 0.15) is 27.2 Å². The van der Waals surface area contributed by atoms with Gasteiger partial charge in [-0.1, -0.05) is 25.5 Å². The molecular weight excluding hydrogens is 178 g/mol. The first-order chi connectivity index (χ1) is 6.52. The molecule has 1 aliphatic rings. The Morgan fingerprint density at radius 1 is 1.57 bits per heavy atom. The molecule has 1 atom stereocenters. The third kappa shape index (κ3) is 2.58. The van der Waals surface area contributed by atoms with E-state index < -0.39 is 5.97 Å². The molecule has 0 spiro atoms. The van der Waals surface area contributed by atoms with Gasteiger partial charge in [-0.2, -0.15) is 0 Å². The van der Waals surface area contributed by atoms with Gasteiger partial charge in [0.2, 0.25) is 0 Å². The van der Waals surface area contributed by atoms with Crippen LogP contribution in [-0.2, 0) is 4.79 Å². The second-order valence-corrected chi connectivity index (χ2v) is 4.32. The molecule has 0 bridgehead atoms. The lowest BCUT2D eigenvalue weighted by Crippen LogP contribution is -2.46. The van der Waals surface area contributed by atoms with Crippen molar-refractivity contribution in [3.63, 3.8) is 0 Å². The normalized spacial score (nSPS) is 20.7. The minimum Gasteiger partial charge on any atom is -0.480 e. The highest BCUT2D eigenvalue weighted by Crippen LogP contribution is 2.17. The van der Waals surface area contributed by atoms with Crippen LogP contribution in [0.25, 0.3) is 0 Å². The van der Waals surface area contributed by atoms with E-state index in [4.69, 9.17) is 5.11 Å². The Hall–Kier alpha value is -0.830. The zero-order valence-electron chi connectivity index (χ0n) is 9.16. The molecule has 3 heteroatoms. The number of aliphatic carboxylic acids is 1. The van der Waals surface area contributed by atoms with Gasteiger partial charge >= 0.3 is 5.97 Å². The Morgan fingerprint density at radius 2 is 2.21 bits per heavy atom. The van der Waals surface area contributed by atoms with E-state index in [0.717, 1.165) is 19.5 Å². The van der Waals surface area contributed by atoms with Crippen LogP contribution in [0.4, 0.5) is 0 Å². The van der Waals surface area contributed by atoms with Gasteiger partial charge in [-0.3, -0.25) is 9.69 Å². The Labute approximate surface area is 85.4 Å². The van der Waals surface area contributed by atoms with Gasteiger partial charge in [-0.05, 0) is 19.3 Å². The van der Waals surface area contributed by atoms with E-state index in [1.807, 2.05) is 18.7 Å². The number of rotatable bonds is 3. The smallest absolute Gasteiger partial charge is 0.321 e. The molecule has 1 heterocycles. The summed E-state index contributed by atoms with van der Waals surface area (Å²) in [6.45, 7) is 7.68.